The maximum atomic E-state index is 10.6. The first kappa shape index (κ1) is 31.7. The number of fused-ring (bicyclic) bond motifs is 1. The highest BCUT2D eigenvalue weighted by molar-refractivity contribution is 5.73. The zero-order valence-corrected chi connectivity index (χ0v) is 20.4. The molecule has 2 unspecified atom stereocenters. The van der Waals surface area contributed by atoms with Crippen LogP contribution in [-0.2, 0) is 25.7 Å². The highest BCUT2D eigenvalue weighted by atomic mass is 19.4. The predicted molar refractivity (Wildman–Crippen MR) is 122 cm³/mol. The van der Waals surface area contributed by atoms with Gasteiger partial charge in [0.2, 0.25) is 5.95 Å². The molecule has 2 aliphatic heterocycles. The van der Waals surface area contributed by atoms with E-state index in [2.05, 4.69) is 19.9 Å². The Balaban J connectivity index is 0.000000317. The number of aliphatic carboxylic acids is 2. The number of ether oxygens (including phenoxy) is 2. The number of anilines is 1. The number of carbonyl (C=O) groups is 2. The molecule has 2 aliphatic rings. The first-order valence-electron chi connectivity index (χ1n) is 11.4. The molecule has 0 spiro atoms. The van der Waals surface area contributed by atoms with E-state index in [4.69, 9.17) is 29.3 Å². The average Bonchev–Trinajstić information content (AvgIpc) is 2.89. The van der Waals surface area contributed by atoms with E-state index in [0.717, 1.165) is 50.5 Å². The molecule has 2 aromatic rings. The standard InChI is InChI=1S/C19H24N4O2.2C2HF3O2/c1-6-19(15-24-13-16-3-9-20-10-4-16)14-23(11-5-17(19)25-12-1)18-21-7-2-8-22-18;2*3-2(4,5)1(6)7/h2-4,7-10,17H,1,5-6,11-15H2;2*(H,6,7). The highest BCUT2D eigenvalue weighted by Gasteiger charge is 2.46. The molecule has 2 N–H and O–H groups in total. The Morgan fingerprint density at radius 2 is 1.59 bits per heavy atom. The Morgan fingerprint density at radius 1 is 1.03 bits per heavy atom. The molecule has 2 aromatic heterocycles. The normalized spacial score (nSPS) is 20.9. The van der Waals surface area contributed by atoms with Crippen LogP contribution < -0.4 is 4.90 Å². The lowest BCUT2D eigenvalue weighted by atomic mass is 9.73. The summed E-state index contributed by atoms with van der Waals surface area (Å²) in [7, 11) is 0. The zero-order chi connectivity index (χ0) is 29.1. The maximum Gasteiger partial charge on any atom is 0.490 e. The lowest BCUT2D eigenvalue weighted by Gasteiger charge is -2.50. The minimum Gasteiger partial charge on any atom is -0.475 e. The van der Waals surface area contributed by atoms with Crippen molar-refractivity contribution in [2.45, 2.75) is 44.3 Å². The second kappa shape index (κ2) is 14.0. The van der Waals surface area contributed by atoms with E-state index >= 15 is 0 Å². The van der Waals surface area contributed by atoms with Crippen LogP contribution in [0.4, 0.5) is 32.3 Å². The number of carboxylic acids is 2. The van der Waals surface area contributed by atoms with Crippen LogP contribution in [0.2, 0.25) is 0 Å². The van der Waals surface area contributed by atoms with Gasteiger partial charge in [-0.2, -0.15) is 26.3 Å². The van der Waals surface area contributed by atoms with Crippen molar-refractivity contribution >= 4 is 17.9 Å². The molecule has 4 rings (SSSR count). The third-order valence-corrected chi connectivity index (χ3v) is 5.72. The molecule has 2 saturated heterocycles. The summed E-state index contributed by atoms with van der Waals surface area (Å²) in [4.78, 5) is 33.0. The van der Waals surface area contributed by atoms with Gasteiger partial charge in [0.05, 0.1) is 19.3 Å². The molecule has 0 aromatic carbocycles. The van der Waals surface area contributed by atoms with Crippen LogP contribution in [0.25, 0.3) is 0 Å². The Hall–Kier alpha value is -3.53. The van der Waals surface area contributed by atoms with Crippen molar-refractivity contribution < 1.29 is 55.6 Å². The van der Waals surface area contributed by atoms with E-state index in [0.29, 0.717) is 13.2 Å². The number of hydrogen-bond donors (Lipinski definition) is 2. The Bertz CT molecular complexity index is 1020. The smallest absolute Gasteiger partial charge is 0.475 e. The van der Waals surface area contributed by atoms with Crippen molar-refractivity contribution in [3.8, 4) is 0 Å². The number of nitrogens with zero attached hydrogens (tertiary/aromatic N) is 4. The fraction of sp³-hybridized carbons (Fsp3) is 0.522. The average molecular weight is 568 g/mol. The van der Waals surface area contributed by atoms with Crippen LogP contribution in [-0.4, -0.2) is 81.9 Å². The number of piperidine rings is 1. The van der Waals surface area contributed by atoms with Gasteiger partial charge in [-0.1, -0.05) is 0 Å². The molecule has 2 atom stereocenters. The van der Waals surface area contributed by atoms with Crippen LogP contribution in [0.3, 0.4) is 0 Å². The Morgan fingerprint density at radius 3 is 2.13 bits per heavy atom. The van der Waals surface area contributed by atoms with E-state index < -0.39 is 24.3 Å². The molecule has 16 heteroatoms. The Kier molecular flexibility index (Phi) is 11.4. The van der Waals surface area contributed by atoms with Gasteiger partial charge in [0.1, 0.15) is 0 Å². The predicted octanol–water partition coefficient (Wildman–Crippen LogP) is 3.73. The number of hydrogen-bond acceptors (Lipinski definition) is 8. The van der Waals surface area contributed by atoms with Gasteiger partial charge in [0.25, 0.3) is 0 Å². The van der Waals surface area contributed by atoms with Crippen LogP contribution in [0.5, 0.6) is 0 Å². The summed E-state index contributed by atoms with van der Waals surface area (Å²) < 4.78 is 75.7. The molecular weight excluding hydrogens is 542 g/mol. The summed E-state index contributed by atoms with van der Waals surface area (Å²) >= 11 is 0. The number of carboxylic acid groups (broad SMARTS) is 2. The molecular formula is C23H26F6N4O6. The van der Waals surface area contributed by atoms with Gasteiger partial charge in [0, 0.05) is 49.9 Å². The number of rotatable bonds is 5. The van der Waals surface area contributed by atoms with Crippen LogP contribution in [0, 0.1) is 5.41 Å². The van der Waals surface area contributed by atoms with Crippen LogP contribution in [0.15, 0.2) is 43.0 Å². The molecule has 0 radical (unpaired) electrons. The molecule has 216 valence electrons. The summed E-state index contributed by atoms with van der Waals surface area (Å²) in [5.74, 6) is -4.71. The summed E-state index contributed by atoms with van der Waals surface area (Å²) in [6.45, 7) is 3.99. The van der Waals surface area contributed by atoms with E-state index in [9.17, 15) is 26.3 Å². The number of pyridine rings is 1. The largest absolute Gasteiger partial charge is 0.490 e. The van der Waals surface area contributed by atoms with Gasteiger partial charge in [-0.3, -0.25) is 4.98 Å². The molecule has 0 amide bonds. The third-order valence-electron chi connectivity index (χ3n) is 5.72. The van der Waals surface area contributed by atoms with Crippen LogP contribution >= 0.6 is 0 Å². The minimum absolute atomic E-state index is 0.0166. The summed E-state index contributed by atoms with van der Waals surface area (Å²) in [5.41, 5.74) is 1.17. The molecule has 10 nitrogen and oxygen atoms in total. The second-order valence-electron chi connectivity index (χ2n) is 8.54. The zero-order valence-electron chi connectivity index (χ0n) is 20.4. The van der Waals surface area contributed by atoms with Gasteiger partial charge in [-0.05, 0) is 43.0 Å². The SMILES string of the molecule is O=C(O)C(F)(F)F.O=C(O)C(F)(F)F.c1cnc(N2CCC3OCCCC3(COCc3ccncc3)C2)nc1. The topological polar surface area (TPSA) is 135 Å². The van der Waals surface area contributed by atoms with Crippen molar-refractivity contribution in [3.05, 3.63) is 48.5 Å². The summed E-state index contributed by atoms with van der Waals surface area (Å²) in [5, 5.41) is 14.2. The number of alkyl halides is 6. The summed E-state index contributed by atoms with van der Waals surface area (Å²) in [6.07, 6.45) is 0.513. The third kappa shape index (κ3) is 10.3. The van der Waals surface area contributed by atoms with Crippen molar-refractivity contribution in [2.24, 2.45) is 5.41 Å². The molecule has 4 heterocycles. The molecule has 0 aliphatic carbocycles. The fourth-order valence-electron chi connectivity index (χ4n) is 3.98. The van der Waals surface area contributed by atoms with Gasteiger partial charge in [-0.25, -0.2) is 19.6 Å². The molecule has 0 bridgehead atoms. The lowest BCUT2D eigenvalue weighted by molar-refractivity contribution is -0.193. The van der Waals surface area contributed by atoms with E-state index in [1.54, 1.807) is 24.8 Å². The van der Waals surface area contributed by atoms with Gasteiger partial charge in [0.15, 0.2) is 0 Å². The quantitative estimate of drug-likeness (QED) is 0.514. The monoisotopic (exact) mass is 568 g/mol. The van der Waals surface area contributed by atoms with Crippen molar-refractivity contribution in [1.82, 2.24) is 15.0 Å². The Labute approximate surface area is 218 Å². The van der Waals surface area contributed by atoms with Gasteiger partial charge in [-0.15, -0.1) is 0 Å². The minimum atomic E-state index is -5.08. The second-order valence-corrected chi connectivity index (χ2v) is 8.54. The van der Waals surface area contributed by atoms with E-state index in [-0.39, 0.29) is 11.5 Å². The fourth-order valence-corrected chi connectivity index (χ4v) is 3.98. The lowest BCUT2D eigenvalue weighted by Crippen LogP contribution is -2.57. The van der Waals surface area contributed by atoms with Crippen molar-refractivity contribution in [1.29, 1.82) is 0 Å². The number of aromatic nitrogens is 3. The van der Waals surface area contributed by atoms with E-state index in [1.165, 1.54) is 0 Å². The summed E-state index contributed by atoms with van der Waals surface area (Å²) in [6, 6.07) is 5.85. The maximum absolute atomic E-state index is 10.6. The molecule has 39 heavy (non-hydrogen) atoms. The number of halogens is 6. The molecule has 2 fully saturated rings. The highest BCUT2D eigenvalue weighted by Crippen LogP contribution is 2.41. The molecule has 0 saturated carbocycles. The van der Waals surface area contributed by atoms with Gasteiger partial charge < -0.3 is 24.6 Å². The van der Waals surface area contributed by atoms with Crippen molar-refractivity contribution in [2.75, 3.05) is 31.2 Å². The van der Waals surface area contributed by atoms with Gasteiger partial charge >= 0.3 is 24.3 Å². The van der Waals surface area contributed by atoms with E-state index in [1.807, 2.05) is 18.2 Å². The van der Waals surface area contributed by atoms with Crippen molar-refractivity contribution in [3.63, 3.8) is 0 Å². The first-order chi connectivity index (χ1) is 18.2. The van der Waals surface area contributed by atoms with Crippen LogP contribution in [0.1, 0.15) is 24.8 Å². The first-order valence-corrected chi connectivity index (χ1v) is 11.4.